The van der Waals surface area contributed by atoms with Gasteiger partial charge in [-0.05, 0) is 19.3 Å². The molecule has 1 atom stereocenters. The van der Waals surface area contributed by atoms with Crippen LogP contribution in [0, 0.1) is 11.8 Å². The van der Waals surface area contributed by atoms with Crippen LogP contribution in [0.4, 0.5) is 0 Å². The largest absolute Gasteiger partial charge is 0.368 e. The predicted molar refractivity (Wildman–Crippen MR) is 103 cm³/mol. The lowest BCUT2D eigenvalue weighted by atomic mass is 10.1. The molecule has 0 radical (unpaired) electrons. The van der Waals surface area contributed by atoms with Gasteiger partial charge in [0.05, 0.1) is 0 Å². The van der Waals surface area contributed by atoms with Crippen molar-refractivity contribution in [1.82, 2.24) is 21.1 Å². The number of rotatable bonds is 10. The second-order valence-corrected chi connectivity index (χ2v) is 7.06. The molecule has 10 nitrogen and oxygen atoms in total. The molecule has 5 amide bonds. The summed E-state index contributed by atoms with van der Waals surface area (Å²) in [5.74, 6) is -3.10. The highest BCUT2D eigenvalue weighted by molar-refractivity contribution is 5.99. The van der Waals surface area contributed by atoms with E-state index in [1.54, 1.807) is 13.8 Å². The topological polar surface area (TPSA) is 151 Å². The SMILES string of the molecule is CC(C)CCNC(=O)/C=C/C(=O)N(CC(N)=O)NC(=O)[C@H](C)NC(=O)C(C)C. The first-order valence-corrected chi connectivity index (χ1v) is 9.10. The molecule has 0 unspecified atom stereocenters. The molecule has 0 fully saturated rings. The quantitative estimate of drug-likeness (QED) is 0.281. The third kappa shape index (κ3) is 10.9. The highest BCUT2D eigenvalue weighted by Gasteiger charge is 2.22. The number of amides is 5. The summed E-state index contributed by atoms with van der Waals surface area (Å²) in [6, 6.07) is -0.943. The summed E-state index contributed by atoms with van der Waals surface area (Å²) in [6.45, 7) is 8.67. The Balaban J connectivity index is 4.87. The van der Waals surface area contributed by atoms with Gasteiger partial charge in [0.25, 0.3) is 11.8 Å². The maximum Gasteiger partial charge on any atom is 0.265 e. The van der Waals surface area contributed by atoms with E-state index in [1.807, 2.05) is 13.8 Å². The summed E-state index contributed by atoms with van der Waals surface area (Å²) in [4.78, 5) is 58.9. The molecular weight excluding hydrogens is 366 g/mol. The zero-order valence-electron chi connectivity index (χ0n) is 17.1. The molecule has 0 saturated carbocycles. The van der Waals surface area contributed by atoms with E-state index in [0.29, 0.717) is 17.5 Å². The van der Waals surface area contributed by atoms with E-state index in [1.165, 1.54) is 6.92 Å². The molecule has 0 aromatic heterocycles. The second kappa shape index (κ2) is 12.5. The van der Waals surface area contributed by atoms with Gasteiger partial charge in [-0.1, -0.05) is 27.7 Å². The predicted octanol–water partition coefficient (Wildman–Crippen LogP) is -0.789. The third-order valence-electron chi connectivity index (χ3n) is 3.50. The number of hydrazine groups is 1. The highest BCUT2D eigenvalue weighted by Crippen LogP contribution is 1.97. The average molecular weight is 397 g/mol. The first-order valence-electron chi connectivity index (χ1n) is 9.10. The summed E-state index contributed by atoms with van der Waals surface area (Å²) < 4.78 is 0. The molecule has 10 heteroatoms. The van der Waals surface area contributed by atoms with Gasteiger partial charge in [-0.3, -0.25) is 29.4 Å². The van der Waals surface area contributed by atoms with E-state index >= 15 is 0 Å². The van der Waals surface area contributed by atoms with E-state index in [9.17, 15) is 24.0 Å². The van der Waals surface area contributed by atoms with Gasteiger partial charge in [-0.25, -0.2) is 5.01 Å². The first kappa shape index (κ1) is 25.1. The molecular formula is C18H31N5O5. The molecule has 0 aromatic carbocycles. The van der Waals surface area contributed by atoms with Crippen LogP contribution >= 0.6 is 0 Å². The van der Waals surface area contributed by atoms with Crippen LogP contribution in [-0.2, 0) is 24.0 Å². The number of hydrogen-bond donors (Lipinski definition) is 4. The highest BCUT2D eigenvalue weighted by atomic mass is 16.2. The molecule has 0 aliphatic heterocycles. The Bertz CT molecular complexity index is 615. The van der Waals surface area contributed by atoms with E-state index in [-0.39, 0.29) is 11.8 Å². The minimum atomic E-state index is -0.943. The van der Waals surface area contributed by atoms with Crippen molar-refractivity contribution in [3.05, 3.63) is 12.2 Å². The Morgan fingerprint density at radius 1 is 0.964 bits per heavy atom. The van der Waals surface area contributed by atoms with Crippen LogP contribution in [0.1, 0.15) is 41.0 Å². The van der Waals surface area contributed by atoms with Crippen molar-refractivity contribution in [3.63, 3.8) is 0 Å². The van der Waals surface area contributed by atoms with Crippen molar-refractivity contribution in [2.75, 3.05) is 13.1 Å². The van der Waals surface area contributed by atoms with E-state index in [4.69, 9.17) is 5.73 Å². The van der Waals surface area contributed by atoms with Crippen molar-refractivity contribution in [2.45, 2.75) is 47.1 Å². The van der Waals surface area contributed by atoms with Crippen LogP contribution in [0.3, 0.4) is 0 Å². The number of nitrogens with zero attached hydrogens (tertiary/aromatic N) is 1. The van der Waals surface area contributed by atoms with Crippen LogP contribution in [0.2, 0.25) is 0 Å². The van der Waals surface area contributed by atoms with E-state index in [2.05, 4.69) is 16.1 Å². The Hall–Kier alpha value is -2.91. The fourth-order valence-electron chi connectivity index (χ4n) is 1.78. The molecule has 0 spiro atoms. The van der Waals surface area contributed by atoms with Crippen LogP contribution < -0.4 is 21.8 Å². The molecule has 0 aromatic rings. The van der Waals surface area contributed by atoms with Gasteiger partial charge in [0.1, 0.15) is 12.6 Å². The number of carbonyl (C=O) groups is 5. The van der Waals surface area contributed by atoms with Crippen molar-refractivity contribution in [2.24, 2.45) is 17.6 Å². The molecule has 0 rings (SSSR count). The summed E-state index contributed by atoms with van der Waals surface area (Å²) in [7, 11) is 0. The molecule has 0 aliphatic rings. The number of hydrogen-bond acceptors (Lipinski definition) is 5. The number of nitrogens with two attached hydrogens (primary N) is 1. The molecule has 0 heterocycles. The van der Waals surface area contributed by atoms with Crippen LogP contribution in [-0.4, -0.2) is 53.7 Å². The minimum absolute atomic E-state index is 0.323. The monoisotopic (exact) mass is 397 g/mol. The molecule has 5 N–H and O–H groups in total. The molecule has 0 aliphatic carbocycles. The Morgan fingerprint density at radius 3 is 2.07 bits per heavy atom. The van der Waals surface area contributed by atoms with Crippen molar-refractivity contribution in [1.29, 1.82) is 0 Å². The maximum absolute atomic E-state index is 12.2. The number of nitrogens with one attached hydrogen (secondary N) is 3. The van der Waals surface area contributed by atoms with Gasteiger partial charge >= 0.3 is 0 Å². The molecule has 0 bridgehead atoms. The van der Waals surface area contributed by atoms with Crippen LogP contribution in [0.15, 0.2) is 12.2 Å². The fraction of sp³-hybridized carbons (Fsp3) is 0.611. The lowest BCUT2D eigenvalue weighted by Crippen LogP contribution is -2.55. The van der Waals surface area contributed by atoms with Crippen LogP contribution in [0.25, 0.3) is 0 Å². The Labute approximate surface area is 165 Å². The smallest absolute Gasteiger partial charge is 0.265 e. The molecule has 28 heavy (non-hydrogen) atoms. The Kier molecular flexibility index (Phi) is 11.2. The van der Waals surface area contributed by atoms with E-state index in [0.717, 1.165) is 18.6 Å². The van der Waals surface area contributed by atoms with Crippen molar-refractivity contribution in [3.8, 4) is 0 Å². The summed E-state index contributed by atoms with van der Waals surface area (Å²) in [5.41, 5.74) is 7.32. The average Bonchev–Trinajstić information content (AvgIpc) is 2.57. The minimum Gasteiger partial charge on any atom is -0.368 e. The fourth-order valence-corrected chi connectivity index (χ4v) is 1.78. The third-order valence-corrected chi connectivity index (χ3v) is 3.50. The zero-order valence-corrected chi connectivity index (χ0v) is 17.1. The van der Waals surface area contributed by atoms with Crippen molar-refractivity contribution < 1.29 is 24.0 Å². The van der Waals surface area contributed by atoms with Gasteiger partial charge < -0.3 is 16.4 Å². The normalized spacial score (nSPS) is 12.0. The zero-order chi connectivity index (χ0) is 21.9. The number of carbonyl (C=O) groups excluding carboxylic acids is 5. The lowest BCUT2D eigenvalue weighted by molar-refractivity contribution is -0.142. The van der Waals surface area contributed by atoms with Gasteiger partial charge in [0, 0.05) is 24.6 Å². The number of primary amides is 1. The van der Waals surface area contributed by atoms with E-state index < -0.39 is 36.2 Å². The standard InChI is InChI=1S/C18H31N5O5/c1-11(2)8-9-20-15(25)6-7-16(26)23(10-14(19)24)22-18(28)13(5)21-17(27)12(3)4/h6-7,11-13H,8-10H2,1-5H3,(H2,19,24)(H,20,25)(H,21,27)(H,22,28)/b7-6+/t13-/m0/s1. The Morgan fingerprint density at radius 2 is 1.57 bits per heavy atom. The van der Waals surface area contributed by atoms with Gasteiger partial charge in [-0.2, -0.15) is 0 Å². The first-order chi connectivity index (χ1) is 12.9. The summed E-state index contributed by atoms with van der Waals surface area (Å²) in [6.07, 6.45) is 2.72. The van der Waals surface area contributed by atoms with Crippen LogP contribution in [0.5, 0.6) is 0 Å². The maximum atomic E-state index is 12.2. The van der Waals surface area contributed by atoms with Gasteiger partial charge in [0.2, 0.25) is 17.7 Å². The molecule has 0 saturated heterocycles. The van der Waals surface area contributed by atoms with Gasteiger partial charge in [0.15, 0.2) is 0 Å². The molecule has 158 valence electrons. The summed E-state index contributed by atoms with van der Waals surface area (Å²) in [5, 5.41) is 5.77. The summed E-state index contributed by atoms with van der Waals surface area (Å²) >= 11 is 0. The van der Waals surface area contributed by atoms with Gasteiger partial charge in [-0.15, -0.1) is 0 Å². The lowest BCUT2D eigenvalue weighted by Gasteiger charge is -2.23. The van der Waals surface area contributed by atoms with Crippen molar-refractivity contribution >= 4 is 29.5 Å². The second-order valence-electron chi connectivity index (χ2n) is 7.06.